The van der Waals surface area contributed by atoms with Crippen molar-refractivity contribution in [2.24, 2.45) is 0 Å². The molecule has 2 N–H and O–H groups in total. The number of hydrogen-bond donors (Lipinski definition) is 2. The van der Waals surface area contributed by atoms with Crippen LogP contribution in [0.15, 0.2) is 97.1 Å². The molecule has 3 aromatic heterocycles. The second-order valence-corrected chi connectivity index (χ2v) is 10.7. The molecular formula is C35H24N8O. The van der Waals surface area contributed by atoms with Crippen molar-refractivity contribution in [3.05, 3.63) is 97.1 Å². The quantitative estimate of drug-likeness (QED) is 0.193. The van der Waals surface area contributed by atoms with E-state index in [1.165, 1.54) is 13.8 Å². The van der Waals surface area contributed by atoms with Crippen LogP contribution >= 0.6 is 0 Å². The number of carbonyl (C=O) groups excluding carboxylic acids is 1. The van der Waals surface area contributed by atoms with Gasteiger partial charge in [0.15, 0.2) is 23.3 Å². The molecule has 210 valence electrons. The van der Waals surface area contributed by atoms with Crippen molar-refractivity contribution in [1.29, 1.82) is 0 Å². The second-order valence-electron chi connectivity index (χ2n) is 10.7. The number of aromatic nitrogens is 8. The summed E-state index contributed by atoms with van der Waals surface area (Å²) in [5.74, 6) is 2.56. The largest absolute Gasteiger partial charge is 0.324 e. The molecule has 0 saturated heterocycles. The van der Waals surface area contributed by atoms with Crippen LogP contribution in [0.25, 0.3) is 89.7 Å². The van der Waals surface area contributed by atoms with Crippen molar-refractivity contribution < 1.29 is 4.79 Å². The van der Waals surface area contributed by atoms with Gasteiger partial charge in [0.25, 0.3) is 0 Å². The minimum Gasteiger partial charge on any atom is -0.324 e. The number of nitrogens with one attached hydrogen (secondary N) is 2. The molecule has 0 atom stereocenters. The van der Waals surface area contributed by atoms with Gasteiger partial charge in [0.2, 0.25) is 0 Å². The molecule has 9 nitrogen and oxygen atoms in total. The number of Topliss-reactive ketones (excluding diaryl/α,β-unsaturated/α-hetero) is 1. The number of rotatable bonds is 0. The normalized spacial score (nSPS) is 11.5. The zero-order valence-electron chi connectivity index (χ0n) is 23.8. The summed E-state index contributed by atoms with van der Waals surface area (Å²) in [5.41, 5.74) is 6.45. The maximum absolute atomic E-state index is 9.44. The van der Waals surface area contributed by atoms with Gasteiger partial charge in [0.1, 0.15) is 28.4 Å². The summed E-state index contributed by atoms with van der Waals surface area (Å²) in [6.07, 6.45) is 0. The highest BCUT2D eigenvalue weighted by Crippen LogP contribution is 2.36. The van der Waals surface area contributed by atoms with E-state index < -0.39 is 0 Å². The summed E-state index contributed by atoms with van der Waals surface area (Å²) in [6, 6.07) is 32.2. The summed E-state index contributed by atoms with van der Waals surface area (Å²) in [7, 11) is 0. The Morgan fingerprint density at radius 3 is 0.886 bits per heavy atom. The first-order valence-corrected chi connectivity index (χ1v) is 14.2. The minimum atomic E-state index is 0.167. The highest BCUT2D eigenvalue weighted by molar-refractivity contribution is 6.06. The lowest BCUT2D eigenvalue weighted by atomic mass is 10.1. The van der Waals surface area contributed by atoms with E-state index in [-0.39, 0.29) is 5.78 Å². The standard InChI is InChI=1S/C32H18N8.C3H6O/c1-2-10-18-17(9-1)25-33-26(18)38-28-21-13-5-6-14-22(21)30(35-28)40-32-24-16-8-7-15-23(24)31(36-32)39-29-20-12-4-3-11-19(20)27(34-29)37-25;1-3(2)4/h1-16H,(H2,33,34,35,36,37,38,39,40);1-2H3. The molecule has 2 aliphatic heterocycles. The van der Waals surface area contributed by atoms with Gasteiger partial charge in [-0.1, -0.05) is 97.1 Å². The van der Waals surface area contributed by atoms with E-state index in [9.17, 15) is 4.79 Å². The molecule has 0 amide bonds. The Balaban J connectivity index is 0.000000684. The third-order valence-corrected chi connectivity index (χ3v) is 7.46. The molecule has 0 fully saturated rings. The highest BCUT2D eigenvalue weighted by atomic mass is 16.1. The number of aromatic amines is 2. The van der Waals surface area contributed by atoms with Crippen molar-refractivity contribution in [3.8, 4) is 45.6 Å². The summed E-state index contributed by atoms with van der Waals surface area (Å²) in [6.45, 7) is 3.06. The van der Waals surface area contributed by atoms with Crippen LogP contribution < -0.4 is 0 Å². The molecule has 0 radical (unpaired) electrons. The minimum absolute atomic E-state index is 0.167. The van der Waals surface area contributed by atoms with Crippen LogP contribution in [0, 0.1) is 0 Å². The Labute approximate surface area is 250 Å². The van der Waals surface area contributed by atoms with Crippen LogP contribution in [-0.4, -0.2) is 45.7 Å². The first-order valence-electron chi connectivity index (χ1n) is 14.2. The molecule has 9 rings (SSSR count). The van der Waals surface area contributed by atoms with Crippen LogP contribution in [0.3, 0.4) is 0 Å². The topological polar surface area (TPSA) is 126 Å². The predicted octanol–water partition coefficient (Wildman–Crippen LogP) is 7.46. The molecule has 4 aromatic carbocycles. The Morgan fingerprint density at radius 2 is 0.636 bits per heavy atom. The molecule has 7 aromatic rings. The number of benzene rings is 4. The monoisotopic (exact) mass is 572 g/mol. The van der Waals surface area contributed by atoms with E-state index in [0.29, 0.717) is 45.9 Å². The molecule has 0 aliphatic carbocycles. The van der Waals surface area contributed by atoms with Crippen LogP contribution in [0.4, 0.5) is 0 Å². The third-order valence-electron chi connectivity index (χ3n) is 7.46. The van der Waals surface area contributed by atoms with Crippen LogP contribution in [-0.2, 0) is 4.79 Å². The number of hydrogen-bond acceptors (Lipinski definition) is 7. The molecule has 9 heteroatoms. The van der Waals surface area contributed by atoms with E-state index in [4.69, 9.17) is 29.9 Å². The molecule has 0 unspecified atom stereocenters. The number of H-pyrrole nitrogens is 2. The Bertz CT molecular complexity index is 2130. The average Bonchev–Trinajstić information content (AvgIpc) is 3.76. The lowest BCUT2D eigenvalue weighted by Gasteiger charge is -1.96. The second kappa shape index (κ2) is 10.0. The lowest BCUT2D eigenvalue weighted by molar-refractivity contribution is -0.114. The zero-order chi connectivity index (χ0) is 29.8. The van der Waals surface area contributed by atoms with Gasteiger partial charge in [-0.25, -0.2) is 29.9 Å². The van der Waals surface area contributed by atoms with E-state index in [1.807, 2.05) is 97.1 Å². The van der Waals surface area contributed by atoms with Crippen LogP contribution in [0.5, 0.6) is 0 Å². The smallest absolute Gasteiger partial charge is 0.164 e. The first-order chi connectivity index (χ1) is 21.5. The summed E-state index contributed by atoms with van der Waals surface area (Å²) in [4.78, 5) is 46.2. The third kappa shape index (κ3) is 4.21. The molecule has 44 heavy (non-hydrogen) atoms. The lowest BCUT2D eigenvalue weighted by Crippen LogP contribution is -1.82. The van der Waals surface area contributed by atoms with E-state index in [2.05, 4.69) is 9.97 Å². The zero-order valence-corrected chi connectivity index (χ0v) is 23.8. The van der Waals surface area contributed by atoms with Crippen molar-refractivity contribution >= 4 is 49.9 Å². The van der Waals surface area contributed by atoms with E-state index in [0.717, 1.165) is 43.8 Å². The summed E-state index contributed by atoms with van der Waals surface area (Å²) in [5, 5.41) is 3.82. The van der Waals surface area contributed by atoms with Crippen molar-refractivity contribution in [1.82, 2.24) is 39.9 Å². The Morgan fingerprint density at radius 1 is 0.409 bits per heavy atom. The number of fused-ring (bicyclic) bond motifs is 20. The molecule has 2 aliphatic rings. The first kappa shape index (κ1) is 25.6. The van der Waals surface area contributed by atoms with Crippen molar-refractivity contribution in [2.75, 3.05) is 0 Å². The predicted molar refractivity (Wildman–Crippen MR) is 172 cm³/mol. The van der Waals surface area contributed by atoms with Gasteiger partial charge in [-0.15, -0.1) is 0 Å². The number of ketones is 1. The SMILES string of the molecule is CC(C)=O.c1ccc2c(c1)-c1nc-2nc2[nH]c(nc3nc(nc4[nH]c(n1)c1ccccc41)-c1ccccc1-3)c1ccccc21. The van der Waals surface area contributed by atoms with Gasteiger partial charge in [-0.2, -0.15) is 0 Å². The maximum atomic E-state index is 9.44. The average molecular weight is 573 g/mol. The van der Waals surface area contributed by atoms with Gasteiger partial charge in [-0.3, -0.25) is 0 Å². The van der Waals surface area contributed by atoms with Gasteiger partial charge in [-0.05, 0) is 13.8 Å². The van der Waals surface area contributed by atoms with Gasteiger partial charge in [0, 0.05) is 43.8 Å². The molecule has 0 saturated carbocycles. The van der Waals surface area contributed by atoms with Gasteiger partial charge >= 0.3 is 0 Å². The summed E-state index contributed by atoms with van der Waals surface area (Å²) >= 11 is 0. The van der Waals surface area contributed by atoms with Crippen molar-refractivity contribution in [2.45, 2.75) is 13.8 Å². The molecule has 0 spiro atoms. The highest BCUT2D eigenvalue weighted by Gasteiger charge is 2.21. The Hall–Kier alpha value is -6.09. The van der Waals surface area contributed by atoms with Crippen LogP contribution in [0.1, 0.15) is 13.8 Å². The summed E-state index contributed by atoms with van der Waals surface area (Å²) < 4.78 is 0. The van der Waals surface area contributed by atoms with Crippen LogP contribution in [0.2, 0.25) is 0 Å². The van der Waals surface area contributed by atoms with Gasteiger partial charge in [0.05, 0.1) is 0 Å². The number of nitrogens with zero attached hydrogens (tertiary/aromatic N) is 6. The van der Waals surface area contributed by atoms with E-state index in [1.54, 1.807) is 0 Å². The fraction of sp³-hybridized carbons (Fsp3) is 0.0571. The van der Waals surface area contributed by atoms with Crippen molar-refractivity contribution in [3.63, 3.8) is 0 Å². The molecule has 5 heterocycles. The van der Waals surface area contributed by atoms with E-state index >= 15 is 0 Å². The maximum Gasteiger partial charge on any atom is 0.164 e. The number of carbonyl (C=O) groups is 1. The fourth-order valence-electron chi connectivity index (χ4n) is 5.59. The van der Waals surface area contributed by atoms with Gasteiger partial charge < -0.3 is 14.8 Å². The fourth-order valence-corrected chi connectivity index (χ4v) is 5.59. The molecule has 8 bridgehead atoms. The Kier molecular flexibility index (Phi) is 5.83. The molecular weight excluding hydrogens is 548 g/mol.